The van der Waals surface area contributed by atoms with Crippen molar-refractivity contribution in [1.29, 1.82) is 0 Å². The van der Waals surface area contributed by atoms with Gasteiger partial charge in [0, 0.05) is 18.7 Å². The van der Waals surface area contributed by atoms with Crippen molar-refractivity contribution in [3.63, 3.8) is 0 Å². The number of rotatable bonds is 14. The molecule has 8 nitrogen and oxygen atoms in total. The molecule has 1 heterocycles. The van der Waals surface area contributed by atoms with Crippen LogP contribution in [0.25, 0.3) is 0 Å². The van der Waals surface area contributed by atoms with Gasteiger partial charge >= 0.3 is 12.2 Å². The number of carbonyl (C=O) groups is 2. The first kappa shape index (κ1) is 34.3. The van der Waals surface area contributed by atoms with Crippen LogP contribution in [0.5, 0.6) is 0 Å². The van der Waals surface area contributed by atoms with Crippen LogP contribution in [0.1, 0.15) is 71.9 Å². The van der Waals surface area contributed by atoms with E-state index < -0.39 is 32.7 Å². The lowest BCUT2D eigenvalue weighted by Crippen LogP contribution is -2.48. The number of amides is 1. The van der Waals surface area contributed by atoms with E-state index in [1.807, 2.05) is 60.7 Å². The Kier molecular flexibility index (Phi) is 13.3. The summed E-state index contributed by atoms with van der Waals surface area (Å²) < 4.78 is 23.1. The zero-order chi connectivity index (χ0) is 31.4. The molecule has 0 aromatic heterocycles. The van der Waals surface area contributed by atoms with Crippen LogP contribution in [0.4, 0.5) is 9.59 Å². The van der Waals surface area contributed by atoms with Crippen molar-refractivity contribution in [2.45, 2.75) is 103 Å². The number of aliphatic hydroxyl groups excluding tert-OH is 1. The highest BCUT2D eigenvalue weighted by molar-refractivity contribution is 6.77. The largest absolute Gasteiger partial charge is 0.508 e. The fourth-order valence-corrected chi connectivity index (χ4v) is 11.8. The molecule has 0 saturated carbocycles. The van der Waals surface area contributed by atoms with Crippen molar-refractivity contribution in [3.05, 3.63) is 83.6 Å². The molecule has 0 saturated heterocycles. The third-order valence-electron chi connectivity index (χ3n) is 8.20. The summed E-state index contributed by atoms with van der Waals surface area (Å²) in [5.41, 5.74) is 3.74. The topological polar surface area (TPSA) is 94.5 Å². The van der Waals surface area contributed by atoms with E-state index in [-0.39, 0.29) is 26.2 Å². The Bertz CT molecular complexity index is 1150. The summed E-state index contributed by atoms with van der Waals surface area (Å²) in [6.07, 6.45) is 0.906. The van der Waals surface area contributed by atoms with Gasteiger partial charge in [-0.15, -0.1) is 0 Å². The Labute approximate surface area is 258 Å². The Morgan fingerprint density at radius 2 is 1.37 bits per heavy atom. The van der Waals surface area contributed by atoms with E-state index in [1.54, 1.807) is 6.08 Å². The van der Waals surface area contributed by atoms with Crippen LogP contribution in [0, 0.1) is 0 Å². The molecule has 0 fully saturated rings. The molecule has 2 aromatic carbocycles. The Morgan fingerprint density at radius 3 is 1.91 bits per heavy atom. The highest BCUT2D eigenvalue weighted by atomic mass is 28.4. The van der Waals surface area contributed by atoms with Gasteiger partial charge in [0.2, 0.25) is 0 Å². The lowest BCUT2D eigenvalue weighted by molar-refractivity contribution is 0.0142. The summed E-state index contributed by atoms with van der Waals surface area (Å²) in [4.78, 5) is 27.4. The van der Waals surface area contributed by atoms with Gasteiger partial charge in [-0.2, -0.15) is 0 Å². The first-order chi connectivity index (χ1) is 20.5. The minimum absolute atomic E-state index is 0.0783. The van der Waals surface area contributed by atoms with Crippen molar-refractivity contribution in [2.75, 3.05) is 13.2 Å². The number of benzene rings is 2. The van der Waals surface area contributed by atoms with Crippen molar-refractivity contribution in [1.82, 2.24) is 4.90 Å². The lowest BCUT2D eigenvalue weighted by Gasteiger charge is -2.42. The predicted molar refractivity (Wildman–Crippen MR) is 170 cm³/mol. The normalized spacial score (nSPS) is 17.3. The molecule has 0 unspecified atom stereocenters. The summed E-state index contributed by atoms with van der Waals surface area (Å²) in [6, 6.07) is 18.2. The van der Waals surface area contributed by atoms with Gasteiger partial charge in [0.1, 0.15) is 19.8 Å². The van der Waals surface area contributed by atoms with Crippen LogP contribution in [0.2, 0.25) is 16.6 Å². The number of hydrogen-bond acceptors (Lipinski definition) is 7. The third-order valence-corrected chi connectivity index (χ3v) is 14.3. The molecule has 1 aliphatic rings. The van der Waals surface area contributed by atoms with Gasteiger partial charge in [-0.3, -0.25) is 4.90 Å². The van der Waals surface area contributed by atoms with Crippen LogP contribution in [-0.2, 0) is 31.9 Å². The van der Waals surface area contributed by atoms with Gasteiger partial charge in [-0.1, -0.05) is 102 Å². The summed E-state index contributed by atoms with van der Waals surface area (Å²) in [5, 5.41) is 10.7. The standard InChI is InChI=1S/C34H49NO7Si/c1-25(2)43(26(3)4,27(5)6)42-19-13-18-30-20-32(36)21-31(24-41-34(38)40-23-29-16-11-8-12-17-29)35(30)33(37)39-22-28-14-9-7-10-15-28/h7-12,14-17,20,25-27,31-32,36H,13,18-19,21-24H2,1-6H3/t31-,32-/m1/s1. The average Bonchev–Trinajstić information content (AvgIpc) is 2.98. The van der Waals surface area contributed by atoms with Crippen molar-refractivity contribution in [3.8, 4) is 0 Å². The van der Waals surface area contributed by atoms with Crippen LogP contribution >= 0.6 is 0 Å². The molecule has 43 heavy (non-hydrogen) atoms. The molecular formula is C34H49NO7Si. The Hall–Kier alpha value is -3.14. The van der Waals surface area contributed by atoms with Gasteiger partial charge in [0.25, 0.3) is 0 Å². The van der Waals surface area contributed by atoms with Gasteiger partial charge in [-0.25, -0.2) is 9.59 Å². The second-order valence-corrected chi connectivity index (χ2v) is 17.6. The maximum atomic E-state index is 13.5. The average molecular weight is 612 g/mol. The number of allylic oxidation sites excluding steroid dienone is 1. The first-order valence-corrected chi connectivity index (χ1v) is 17.5. The fraction of sp³-hybridized carbons (Fsp3) is 0.529. The van der Waals surface area contributed by atoms with Crippen LogP contribution in [0.3, 0.4) is 0 Å². The third kappa shape index (κ3) is 9.68. The molecule has 236 valence electrons. The van der Waals surface area contributed by atoms with Gasteiger partial charge in [-0.05, 0) is 46.7 Å². The van der Waals surface area contributed by atoms with E-state index in [0.29, 0.717) is 41.8 Å². The zero-order valence-corrected chi connectivity index (χ0v) is 27.5. The van der Waals surface area contributed by atoms with E-state index in [4.69, 9.17) is 18.6 Å². The number of aliphatic hydroxyl groups is 1. The molecule has 0 radical (unpaired) electrons. The Balaban J connectivity index is 1.69. The quantitative estimate of drug-likeness (QED) is 0.132. The zero-order valence-electron chi connectivity index (χ0n) is 26.5. The molecular weight excluding hydrogens is 562 g/mol. The minimum Gasteiger partial charge on any atom is -0.444 e. The van der Waals surface area contributed by atoms with E-state index in [0.717, 1.165) is 11.1 Å². The van der Waals surface area contributed by atoms with Crippen molar-refractivity contribution in [2.24, 2.45) is 0 Å². The van der Waals surface area contributed by atoms with Crippen LogP contribution in [-0.4, -0.2) is 55.9 Å². The molecule has 3 rings (SSSR count). The molecule has 9 heteroatoms. The number of carbonyl (C=O) groups excluding carboxylic acids is 2. The highest BCUT2D eigenvalue weighted by Crippen LogP contribution is 2.42. The molecule has 0 spiro atoms. The maximum Gasteiger partial charge on any atom is 0.508 e. The van der Waals surface area contributed by atoms with Gasteiger partial charge < -0.3 is 23.7 Å². The minimum atomic E-state index is -2.03. The first-order valence-electron chi connectivity index (χ1n) is 15.4. The molecule has 2 aromatic rings. The summed E-state index contributed by atoms with van der Waals surface area (Å²) in [6.45, 7) is 14.1. The molecule has 1 N–H and O–H groups in total. The van der Waals surface area contributed by atoms with Crippen molar-refractivity contribution < 1.29 is 33.3 Å². The summed E-state index contributed by atoms with van der Waals surface area (Å²) in [7, 11) is -2.03. The Morgan fingerprint density at radius 1 is 0.837 bits per heavy atom. The SMILES string of the molecule is CC(C)[Si](OCCCC1=C[C@@H](O)C[C@H](COC(=O)OCc2ccccc2)N1C(=O)OCc1ccccc1)(C(C)C)C(C)C. The van der Waals surface area contributed by atoms with E-state index >= 15 is 0 Å². The molecule has 1 amide bonds. The van der Waals surface area contributed by atoms with E-state index in [1.165, 1.54) is 4.90 Å². The van der Waals surface area contributed by atoms with Crippen molar-refractivity contribution >= 4 is 20.6 Å². The number of hydrogen-bond donors (Lipinski definition) is 1. The molecule has 1 aliphatic heterocycles. The highest BCUT2D eigenvalue weighted by Gasteiger charge is 2.45. The molecule has 0 aliphatic carbocycles. The number of nitrogens with zero attached hydrogens (tertiary/aromatic N) is 1. The van der Waals surface area contributed by atoms with Crippen LogP contribution in [0.15, 0.2) is 72.4 Å². The fourth-order valence-electron chi connectivity index (χ4n) is 6.32. The smallest absolute Gasteiger partial charge is 0.444 e. The maximum absolute atomic E-state index is 13.5. The van der Waals surface area contributed by atoms with Gasteiger partial charge in [0.05, 0.1) is 12.1 Å². The van der Waals surface area contributed by atoms with E-state index in [2.05, 4.69) is 41.5 Å². The molecule has 2 atom stereocenters. The second kappa shape index (κ2) is 16.6. The molecule has 0 bridgehead atoms. The lowest BCUT2D eigenvalue weighted by atomic mass is 9.99. The monoisotopic (exact) mass is 611 g/mol. The number of ether oxygens (including phenoxy) is 3. The summed E-state index contributed by atoms with van der Waals surface area (Å²) in [5.74, 6) is 0. The van der Waals surface area contributed by atoms with Crippen LogP contribution < -0.4 is 0 Å². The summed E-state index contributed by atoms with van der Waals surface area (Å²) >= 11 is 0. The van der Waals surface area contributed by atoms with Gasteiger partial charge in [0.15, 0.2) is 8.32 Å². The second-order valence-electron chi connectivity index (χ2n) is 12.1. The predicted octanol–water partition coefficient (Wildman–Crippen LogP) is 7.97. The van der Waals surface area contributed by atoms with E-state index in [9.17, 15) is 14.7 Å².